The number of rotatable bonds is 8. The Kier molecular flexibility index (Phi) is 7.40. The van der Waals surface area contributed by atoms with Crippen LogP contribution in [-0.4, -0.2) is 73.3 Å². The number of aliphatic hydroxyl groups is 1. The smallest absolute Gasteiger partial charge is 0.251 e. The minimum Gasteiger partial charge on any atom is -0.491 e. The minimum absolute atomic E-state index is 0.161. The predicted molar refractivity (Wildman–Crippen MR) is 90.9 cm³/mol. The molecule has 2 rings (SSSR count). The molecular formula is C18H28F2N2O2. The maximum Gasteiger partial charge on any atom is 0.251 e. The number of para-hydroxylation sites is 1. The molecule has 0 bridgehead atoms. The fourth-order valence-electron chi connectivity index (χ4n) is 2.98. The molecule has 136 valence electrons. The highest BCUT2D eigenvalue weighted by molar-refractivity contribution is 5.35. The molecule has 1 aliphatic rings. The molecule has 0 spiro atoms. The van der Waals surface area contributed by atoms with E-state index in [1.54, 1.807) is 4.90 Å². The number of benzene rings is 1. The molecule has 1 atom stereocenters. The molecule has 0 aromatic heterocycles. The number of aliphatic hydroxyl groups excluding tert-OH is 1. The van der Waals surface area contributed by atoms with Crippen molar-refractivity contribution in [1.82, 2.24) is 9.80 Å². The first kappa shape index (κ1) is 19.1. The quantitative estimate of drug-likeness (QED) is 0.787. The van der Waals surface area contributed by atoms with Gasteiger partial charge in [0.15, 0.2) is 0 Å². The number of ether oxygens (including phenoxy) is 1. The molecule has 1 saturated heterocycles. The van der Waals surface area contributed by atoms with E-state index in [1.165, 1.54) is 0 Å². The molecule has 1 aromatic carbocycles. The second-order valence-electron chi connectivity index (χ2n) is 6.65. The molecule has 1 aliphatic heterocycles. The van der Waals surface area contributed by atoms with Crippen LogP contribution >= 0.6 is 0 Å². The largest absolute Gasteiger partial charge is 0.491 e. The summed E-state index contributed by atoms with van der Waals surface area (Å²) in [6.45, 7) is 7.44. The lowest BCUT2D eigenvalue weighted by Crippen LogP contribution is -2.50. The molecule has 0 aliphatic carbocycles. The Morgan fingerprint density at radius 2 is 1.62 bits per heavy atom. The first-order valence-electron chi connectivity index (χ1n) is 8.58. The molecule has 6 heteroatoms. The van der Waals surface area contributed by atoms with Gasteiger partial charge in [0.25, 0.3) is 6.43 Å². The second-order valence-corrected chi connectivity index (χ2v) is 6.65. The normalized spacial score (nSPS) is 18.3. The maximum absolute atomic E-state index is 12.4. The van der Waals surface area contributed by atoms with Gasteiger partial charge in [-0.15, -0.1) is 0 Å². The van der Waals surface area contributed by atoms with Crippen molar-refractivity contribution in [2.24, 2.45) is 0 Å². The average Bonchev–Trinajstić information content (AvgIpc) is 2.54. The van der Waals surface area contributed by atoms with Gasteiger partial charge in [0.05, 0.1) is 6.54 Å². The highest BCUT2D eigenvalue weighted by atomic mass is 19.3. The zero-order valence-corrected chi connectivity index (χ0v) is 14.5. The number of nitrogens with zero attached hydrogens (tertiary/aromatic N) is 2. The Hall–Kier alpha value is -1.24. The number of halogens is 2. The summed E-state index contributed by atoms with van der Waals surface area (Å²) in [7, 11) is 0. The fourth-order valence-corrected chi connectivity index (χ4v) is 2.98. The van der Waals surface area contributed by atoms with Crippen molar-refractivity contribution in [2.75, 3.05) is 45.9 Å². The van der Waals surface area contributed by atoms with Gasteiger partial charge in [0, 0.05) is 32.7 Å². The van der Waals surface area contributed by atoms with Crippen LogP contribution in [0, 0.1) is 0 Å². The van der Waals surface area contributed by atoms with E-state index in [1.807, 2.05) is 24.3 Å². The van der Waals surface area contributed by atoms with Gasteiger partial charge < -0.3 is 9.84 Å². The van der Waals surface area contributed by atoms with Crippen LogP contribution < -0.4 is 4.74 Å². The number of β-amino-alcohol motifs (C(OH)–C–C–N with tert-alkyl or cyclic N) is 1. The van der Waals surface area contributed by atoms with Crippen molar-refractivity contribution in [3.05, 3.63) is 29.8 Å². The van der Waals surface area contributed by atoms with Crippen molar-refractivity contribution >= 4 is 0 Å². The van der Waals surface area contributed by atoms with Gasteiger partial charge in [0.2, 0.25) is 0 Å². The van der Waals surface area contributed by atoms with Crippen LogP contribution in [0.2, 0.25) is 0 Å². The number of alkyl halides is 2. The van der Waals surface area contributed by atoms with Crippen LogP contribution in [0.4, 0.5) is 8.78 Å². The predicted octanol–water partition coefficient (Wildman–Crippen LogP) is 2.43. The van der Waals surface area contributed by atoms with Crippen LogP contribution in [0.15, 0.2) is 24.3 Å². The average molecular weight is 342 g/mol. The van der Waals surface area contributed by atoms with Crippen LogP contribution in [0.3, 0.4) is 0 Å². The number of hydrogen-bond donors (Lipinski definition) is 1. The highest BCUT2D eigenvalue weighted by Crippen LogP contribution is 2.25. The Balaban J connectivity index is 1.74. The monoisotopic (exact) mass is 342 g/mol. The van der Waals surface area contributed by atoms with Gasteiger partial charge >= 0.3 is 0 Å². The third-order valence-electron chi connectivity index (χ3n) is 4.30. The van der Waals surface area contributed by atoms with Crippen molar-refractivity contribution < 1.29 is 18.6 Å². The van der Waals surface area contributed by atoms with E-state index in [9.17, 15) is 13.9 Å². The Morgan fingerprint density at radius 3 is 2.21 bits per heavy atom. The summed E-state index contributed by atoms with van der Waals surface area (Å²) in [6, 6.07) is 7.87. The van der Waals surface area contributed by atoms with Gasteiger partial charge in [-0.2, -0.15) is 0 Å². The summed E-state index contributed by atoms with van der Waals surface area (Å²) >= 11 is 0. The van der Waals surface area contributed by atoms with Gasteiger partial charge in [-0.25, -0.2) is 8.78 Å². The van der Waals surface area contributed by atoms with Gasteiger partial charge in [0.1, 0.15) is 18.5 Å². The third-order valence-corrected chi connectivity index (χ3v) is 4.30. The molecule has 1 aromatic rings. The first-order valence-corrected chi connectivity index (χ1v) is 8.58. The Labute approximate surface area is 143 Å². The van der Waals surface area contributed by atoms with Gasteiger partial charge in [-0.05, 0) is 17.5 Å². The number of piperazine rings is 1. The summed E-state index contributed by atoms with van der Waals surface area (Å²) in [5.74, 6) is 1.18. The standard InChI is InChI=1S/C18H28F2N2O2/c1-14(2)16-5-3-4-6-17(16)24-13-15(23)11-21-7-9-22(10-8-21)12-18(19)20/h3-6,14-15,18,23H,7-13H2,1-2H3. The fraction of sp³-hybridized carbons (Fsp3) is 0.667. The lowest BCUT2D eigenvalue weighted by molar-refractivity contribution is 0.0269. The lowest BCUT2D eigenvalue weighted by Gasteiger charge is -2.35. The van der Waals surface area contributed by atoms with E-state index in [0.29, 0.717) is 38.6 Å². The first-order chi connectivity index (χ1) is 11.5. The van der Waals surface area contributed by atoms with Crippen molar-refractivity contribution in [3.8, 4) is 5.75 Å². The zero-order chi connectivity index (χ0) is 17.5. The zero-order valence-electron chi connectivity index (χ0n) is 14.5. The molecule has 0 saturated carbocycles. The molecular weight excluding hydrogens is 314 g/mol. The molecule has 1 heterocycles. The third kappa shape index (κ3) is 6.00. The molecule has 4 nitrogen and oxygen atoms in total. The maximum atomic E-state index is 12.4. The minimum atomic E-state index is -2.28. The topological polar surface area (TPSA) is 35.9 Å². The van der Waals surface area contributed by atoms with E-state index in [0.717, 1.165) is 11.3 Å². The van der Waals surface area contributed by atoms with E-state index in [2.05, 4.69) is 18.7 Å². The van der Waals surface area contributed by atoms with Crippen molar-refractivity contribution in [1.29, 1.82) is 0 Å². The Morgan fingerprint density at radius 1 is 1.04 bits per heavy atom. The van der Waals surface area contributed by atoms with E-state index in [4.69, 9.17) is 4.74 Å². The molecule has 1 unspecified atom stereocenters. The summed E-state index contributed by atoms with van der Waals surface area (Å²) in [6.07, 6.45) is -2.87. The molecule has 0 radical (unpaired) electrons. The van der Waals surface area contributed by atoms with Crippen LogP contribution in [0.1, 0.15) is 25.3 Å². The van der Waals surface area contributed by atoms with Crippen molar-refractivity contribution in [2.45, 2.75) is 32.3 Å². The molecule has 1 fully saturated rings. The van der Waals surface area contributed by atoms with Crippen molar-refractivity contribution in [3.63, 3.8) is 0 Å². The summed E-state index contributed by atoms with van der Waals surface area (Å²) in [5, 5.41) is 10.2. The van der Waals surface area contributed by atoms with Crippen LogP contribution in [0.5, 0.6) is 5.75 Å². The van der Waals surface area contributed by atoms with E-state index in [-0.39, 0.29) is 13.2 Å². The van der Waals surface area contributed by atoms with E-state index < -0.39 is 12.5 Å². The second kappa shape index (κ2) is 9.30. The van der Waals surface area contributed by atoms with Gasteiger partial charge in [-0.3, -0.25) is 9.80 Å². The summed E-state index contributed by atoms with van der Waals surface area (Å²) in [5.41, 5.74) is 1.13. The van der Waals surface area contributed by atoms with Crippen LogP contribution in [-0.2, 0) is 0 Å². The van der Waals surface area contributed by atoms with Crippen LogP contribution in [0.25, 0.3) is 0 Å². The summed E-state index contributed by atoms with van der Waals surface area (Å²) in [4.78, 5) is 3.87. The SMILES string of the molecule is CC(C)c1ccccc1OCC(O)CN1CCN(CC(F)F)CC1. The molecule has 1 N–H and O–H groups in total. The Bertz CT molecular complexity index is 492. The lowest BCUT2D eigenvalue weighted by atomic mass is 10.0. The van der Waals surface area contributed by atoms with Gasteiger partial charge in [-0.1, -0.05) is 32.0 Å². The van der Waals surface area contributed by atoms with E-state index >= 15 is 0 Å². The highest BCUT2D eigenvalue weighted by Gasteiger charge is 2.21. The molecule has 24 heavy (non-hydrogen) atoms. The molecule has 0 amide bonds. The summed E-state index contributed by atoms with van der Waals surface area (Å²) < 4.78 is 30.5. The number of hydrogen-bond acceptors (Lipinski definition) is 4.